The summed E-state index contributed by atoms with van der Waals surface area (Å²) in [5.74, 6) is -0.850. The predicted octanol–water partition coefficient (Wildman–Crippen LogP) is 3.18. The number of phenolic OH excluding ortho intramolecular Hbond substituents is 1. The number of nitrogens with one attached hydrogen (secondary N) is 2. The van der Waals surface area contributed by atoms with Crippen molar-refractivity contribution < 1.29 is 28.2 Å². The highest BCUT2D eigenvalue weighted by Crippen LogP contribution is 2.36. The van der Waals surface area contributed by atoms with Gasteiger partial charge in [-0.2, -0.15) is 13.2 Å². The third-order valence-corrected chi connectivity index (χ3v) is 4.85. The molecule has 1 aromatic heterocycles. The number of anilines is 1. The Morgan fingerprint density at radius 3 is 2.59 bits per heavy atom. The first-order chi connectivity index (χ1) is 13.6. The van der Waals surface area contributed by atoms with Crippen molar-refractivity contribution >= 4 is 11.8 Å². The first-order valence-electron chi connectivity index (χ1n) is 9.10. The summed E-state index contributed by atoms with van der Waals surface area (Å²) in [7, 11) is 0. The molecule has 3 rings (SSSR count). The zero-order valence-corrected chi connectivity index (χ0v) is 15.6. The maximum absolute atomic E-state index is 12.8. The fourth-order valence-electron chi connectivity index (χ4n) is 3.36. The van der Waals surface area contributed by atoms with Crippen molar-refractivity contribution in [2.45, 2.75) is 44.4 Å². The Balaban J connectivity index is 1.69. The summed E-state index contributed by atoms with van der Waals surface area (Å²) < 4.78 is 38.3. The quantitative estimate of drug-likeness (QED) is 0.600. The molecule has 2 aromatic rings. The lowest BCUT2D eigenvalue weighted by atomic mass is 9.98. The van der Waals surface area contributed by atoms with Gasteiger partial charge in [0.2, 0.25) is 0 Å². The van der Waals surface area contributed by atoms with E-state index < -0.39 is 23.5 Å². The van der Waals surface area contributed by atoms with E-state index in [0.29, 0.717) is 36.1 Å². The highest BCUT2D eigenvalue weighted by molar-refractivity contribution is 5.70. The van der Waals surface area contributed by atoms with Gasteiger partial charge in [0.05, 0.1) is 17.7 Å². The van der Waals surface area contributed by atoms with E-state index in [9.17, 15) is 23.1 Å². The number of aryl methyl sites for hydroxylation is 1. The SMILES string of the molecule is Cc1cc(NC2CCC(CC(=O)O)NC2)nnc1-c1ccc(C(F)(F)F)cc1O. The molecule has 1 saturated heterocycles. The molecule has 1 aliphatic rings. The number of aromatic hydroxyl groups is 1. The van der Waals surface area contributed by atoms with Gasteiger partial charge in [0.1, 0.15) is 11.6 Å². The molecule has 7 nitrogen and oxygen atoms in total. The van der Waals surface area contributed by atoms with Gasteiger partial charge in [0, 0.05) is 24.2 Å². The maximum Gasteiger partial charge on any atom is 0.416 e. The van der Waals surface area contributed by atoms with Gasteiger partial charge in [0.15, 0.2) is 0 Å². The number of alkyl halides is 3. The summed E-state index contributed by atoms with van der Waals surface area (Å²) in [5.41, 5.74) is 0.175. The van der Waals surface area contributed by atoms with Crippen LogP contribution in [0.3, 0.4) is 0 Å². The zero-order valence-electron chi connectivity index (χ0n) is 15.6. The van der Waals surface area contributed by atoms with E-state index in [1.54, 1.807) is 13.0 Å². The molecule has 10 heteroatoms. The lowest BCUT2D eigenvalue weighted by Crippen LogP contribution is -2.45. The number of aliphatic carboxylic acids is 1. The van der Waals surface area contributed by atoms with Crippen molar-refractivity contribution in [3.63, 3.8) is 0 Å². The minimum absolute atomic E-state index is 0.0524. The number of rotatable bonds is 5. The summed E-state index contributed by atoms with van der Waals surface area (Å²) in [6.07, 6.45) is -2.97. The van der Waals surface area contributed by atoms with E-state index in [-0.39, 0.29) is 24.1 Å². The Labute approximate surface area is 165 Å². The van der Waals surface area contributed by atoms with E-state index in [4.69, 9.17) is 5.11 Å². The van der Waals surface area contributed by atoms with Gasteiger partial charge in [-0.25, -0.2) is 0 Å². The topological polar surface area (TPSA) is 107 Å². The third kappa shape index (κ3) is 5.14. The number of hydrogen-bond donors (Lipinski definition) is 4. The van der Waals surface area contributed by atoms with Crippen LogP contribution in [0.4, 0.5) is 19.0 Å². The fourth-order valence-corrected chi connectivity index (χ4v) is 3.36. The van der Waals surface area contributed by atoms with Crippen LogP contribution in [-0.2, 0) is 11.0 Å². The number of phenols is 1. The number of benzene rings is 1. The fraction of sp³-hybridized carbons (Fsp3) is 0.421. The highest BCUT2D eigenvalue weighted by atomic mass is 19.4. The second kappa shape index (κ2) is 8.24. The van der Waals surface area contributed by atoms with Gasteiger partial charge in [-0.15, -0.1) is 10.2 Å². The van der Waals surface area contributed by atoms with Crippen LogP contribution in [0.1, 0.15) is 30.4 Å². The molecular weight excluding hydrogens is 389 g/mol. The van der Waals surface area contributed by atoms with Crippen molar-refractivity contribution in [3.8, 4) is 17.0 Å². The van der Waals surface area contributed by atoms with E-state index >= 15 is 0 Å². The van der Waals surface area contributed by atoms with Gasteiger partial charge < -0.3 is 20.8 Å². The van der Waals surface area contributed by atoms with Crippen LogP contribution in [0, 0.1) is 6.92 Å². The zero-order chi connectivity index (χ0) is 21.2. The number of carbonyl (C=O) groups is 1. The predicted molar refractivity (Wildman–Crippen MR) is 99.6 cm³/mol. The van der Waals surface area contributed by atoms with Crippen molar-refractivity contribution in [1.82, 2.24) is 15.5 Å². The maximum atomic E-state index is 12.8. The smallest absolute Gasteiger partial charge is 0.416 e. The van der Waals surface area contributed by atoms with Crippen LogP contribution in [0.25, 0.3) is 11.3 Å². The van der Waals surface area contributed by atoms with E-state index in [0.717, 1.165) is 12.5 Å². The Hall–Kier alpha value is -2.88. The molecule has 0 radical (unpaired) electrons. The van der Waals surface area contributed by atoms with Gasteiger partial charge in [-0.1, -0.05) is 0 Å². The second-order valence-electron chi connectivity index (χ2n) is 7.11. The first kappa shape index (κ1) is 20.8. The molecule has 4 N–H and O–H groups in total. The third-order valence-electron chi connectivity index (χ3n) is 4.85. The average Bonchev–Trinajstić information content (AvgIpc) is 2.63. The Bertz CT molecular complexity index is 897. The molecule has 0 bridgehead atoms. The van der Waals surface area contributed by atoms with E-state index in [1.165, 1.54) is 6.07 Å². The average molecular weight is 410 g/mol. The van der Waals surface area contributed by atoms with Crippen molar-refractivity contribution in [3.05, 3.63) is 35.4 Å². The highest BCUT2D eigenvalue weighted by Gasteiger charge is 2.31. The number of nitrogens with zero attached hydrogens (tertiary/aromatic N) is 2. The molecule has 2 atom stereocenters. The van der Waals surface area contributed by atoms with Gasteiger partial charge in [0.25, 0.3) is 0 Å². The largest absolute Gasteiger partial charge is 0.507 e. The molecule has 2 heterocycles. The van der Waals surface area contributed by atoms with Gasteiger partial charge >= 0.3 is 12.1 Å². The van der Waals surface area contributed by atoms with Crippen molar-refractivity contribution in [2.75, 3.05) is 11.9 Å². The molecule has 156 valence electrons. The molecule has 1 aromatic carbocycles. The number of halogens is 3. The normalized spacial score (nSPS) is 19.7. The molecule has 0 amide bonds. The summed E-state index contributed by atoms with van der Waals surface area (Å²) >= 11 is 0. The molecular formula is C19H21F3N4O3. The summed E-state index contributed by atoms with van der Waals surface area (Å²) in [6.45, 7) is 2.31. The molecule has 0 saturated carbocycles. The number of carboxylic acid groups (broad SMARTS) is 1. The molecule has 0 spiro atoms. The lowest BCUT2D eigenvalue weighted by Gasteiger charge is -2.30. The van der Waals surface area contributed by atoms with Crippen LogP contribution < -0.4 is 10.6 Å². The minimum atomic E-state index is -4.54. The molecule has 29 heavy (non-hydrogen) atoms. The summed E-state index contributed by atoms with van der Waals surface area (Å²) in [6, 6.07) is 4.45. The molecule has 2 unspecified atom stereocenters. The first-order valence-corrected chi connectivity index (χ1v) is 9.10. The molecule has 1 aliphatic heterocycles. The van der Waals surface area contributed by atoms with E-state index in [2.05, 4.69) is 20.8 Å². The summed E-state index contributed by atoms with van der Waals surface area (Å²) in [4.78, 5) is 10.8. The number of piperidine rings is 1. The van der Waals surface area contributed by atoms with Crippen LogP contribution in [0.5, 0.6) is 5.75 Å². The van der Waals surface area contributed by atoms with Crippen molar-refractivity contribution in [1.29, 1.82) is 0 Å². The minimum Gasteiger partial charge on any atom is -0.507 e. The number of hydrogen-bond acceptors (Lipinski definition) is 6. The van der Waals surface area contributed by atoms with Crippen molar-refractivity contribution in [2.24, 2.45) is 0 Å². The van der Waals surface area contributed by atoms with Gasteiger partial charge in [-0.3, -0.25) is 4.79 Å². The van der Waals surface area contributed by atoms with Gasteiger partial charge in [-0.05, 0) is 49.6 Å². The van der Waals surface area contributed by atoms with Crippen LogP contribution in [-0.4, -0.2) is 45.0 Å². The van der Waals surface area contributed by atoms with Crippen LogP contribution >= 0.6 is 0 Å². The monoisotopic (exact) mass is 410 g/mol. The Kier molecular flexibility index (Phi) is 5.92. The van der Waals surface area contributed by atoms with Crippen LogP contribution in [0.15, 0.2) is 24.3 Å². The standard InChI is InChI=1S/C19H21F3N4O3/c1-10-6-16(24-13-4-3-12(23-9-13)8-17(28)29)25-26-18(10)14-5-2-11(7-15(14)27)19(20,21)22/h2,5-7,12-13,23,27H,3-4,8-9H2,1H3,(H,24,25)(H,28,29). The Morgan fingerprint density at radius 1 is 1.28 bits per heavy atom. The lowest BCUT2D eigenvalue weighted by molar-refractivity contribution is -0.138. The molecule has 0 aliphatic carbocycles. The summed E-state index contributed by atoms with van der Waals surface area (Å²) in [5, 5.41) is 33.4. The molecule has 1 fully saturated rings. The second-order valence-corrected chi connectivity index (χ2v) is 7.11. The Morgan fingerprint density at radius 2 is 2.03 bits per heavy atom. The van der Waals surface area contributed by atoms with Crippen LogP contribution in [0.2, 0.25) is 0 Å². The number of aromatic nitrogens is 2. The van der Waals surface area contributed by atoms with E-state index in [1.807, 2.05) is 0 Å². The number of carboxylic acids is 1.